The third kappa shape index (κ3) is 3.35. The number of hydrogen-bond donors (Lipinski definition) is 1. The summed E-state index contributed by atoms with van der Waals surface area (Å²) in [6.45, 7) is 0.698. The Kier molecular flexibility index (Phi) is 4.96. The van der Waals surface area contributed by atoms with E-state index in [1.165, 1.54) is 12.0 Å². The lowest BCUT2D eigenvalue weighted by atomic mass is 9.80. The lowest BCUT2D eigenvalue weighted by Crippen LogP contribution is -2.56. The maximum atomic E-state index is 12.2. The van der Waals surface area contributed by atoms with Crippen LogP contribution >= 0.6 is 11.3 Å². The number of ether oxygens (including phenoxy) is 2. The van der Waals surface area contributed by atoms with Crippen molar-refractivity contribution in [3.05, 3.63) is 22.4 Å². The zero-order chi connectivity index (χ0) is 13.7. The molecular weight excluding hydrogens is 262 g/mol. The molecule has 1 aliphatic rings. The first-order valence-corrected chi connectivity index (χ1v) is 7.47. The van der Waals surface area contributed by atoms with Gasteiger partial charge in [-0.2, -0.15) is 0 Å². The molecule has 1 saturated carbocycles. The van der Waals surface area contributed by atoms with E-state index in [4.69, 9.17) is 9.47 Å². The lowest BCUT2D eigenvalue weighted by molar-refractivity contribution is -0.152. The molecule has 0 bridgehead atoms. The molecule has 1 N–H and O–H groups in total. The number of nitrogens with one attached hydrogen (secondary N) is 1. The van der Waals surface area contributed by atoms with E-state index in [-0.39, 0.29) is 12.1 Å². The molecule has 1 aliphatic carbocycles. The smallest absolute Gasteiger partial charge is 0.326 e. The molecule has 2 unspecified atom stereocenters. The van der Waals surface area contributed by atoms with Crippen LogP contribution in [0.1, 0.15) is 30.6 Å². The average Bonchev–Trinajstić information content (AvgIpc) is 2.97. The summed E-state index contributed by atoms with van der Waals surface area (Å²) in [5.41, 5.74) is -0.600. The van der Waals surface area contributed by atoms with Gasteiger partial charge in [-0.05, 0) is 30.7 Å². The van der Waals surface area contributed by atoms with Crippen LogP contribution in [0.4, 0.5) is 0 Å². The van der Waals surface area contributed by atoms with Gasteiger partial charge in [-0.1, -0.05) is 6.07 Å². The summed E-state index contributed by atoms with van der Waals surface area (Å²) in [7, 11) is 3.16. The van der Waals surface area contributed by atoms with Crippen LogP contribution < -0.4 is 5.32 Å². The van der Waals surface area contributed by atoms with Crippen molar-refractivity contribution in [2.45, 2.75) is 43.9 Å². The van der Waals surface area contributed by atoms with Crippen LogP contribution in [0.5, 0.6) is 0 Å². The van der Waals surface area contributed by atoms with Crippen molar-refractivity contribution >= 4 is 17.3 Å². The van der Waals surface area contributed by atoms with E-state index in [2.05, 4.69) is 11.4 Å². The van der Waals surface area contributed by atoms with Crippen LogP contribution in [0.15, 0.2) is 17.5 Å². The molecule has 2 atom stereocenters. The van der Waals surface area contributed by atoms with Gasteiger partial charge < -0.3 is 9.47 Å². The predicted octanol–water partition coefficient (Wildman–Crippen LogP) is 2.34. The van der Waals surface area contributed by atoms with Gasteiger partial charge in [-0.25, -0.2) is 0 Å². The van der Waals surface area contributed by atoms with Gasteiger partial charge in [0.05, 0.1) is 13.2 Å². The molecule has 1 aromatic rings. The lowest BCUT2D eigenvalue weighted by Gasteiger charge is -2.38. The number of rotatable bonds is 5. The minimum absolute atomic E-state index is 0.128. The van der Waals surface area contributed by atoms with Crippen molar-refractivity contribution in [1.82, 2.24) is 5.32 Å². The summed E-state index contributed by atoms with van der Waals surface area (Å²) >= 11 is 1.69. The Bertz CT molecular complexity index is 407. The molecule has 0 radical (unpaired) electrons. The molecule has 19 heavy (non-hydrogen) atoms. The SMILES string of the molecule is COC(=O)C1(NCc2cccs2)CCCC(OC)C1. The van der Waals surface area contributed by atoms with Crippen molar-refractivity contribution in [2.75, 3.05) is 14.2 Å². The number of carbonyl (C=O) groups excluding carboxylic acids is 1. The fraction of sp³-hybridized carbons (Fsp3) is 0.643. The van der Waals surface area contributed by atoms with Gasteiger partial charge in [0.1, 0.15) is 5.54 Å². The molecule has 0 saturated heterocycles. The van der Waals surface area contributed by atoms with E-state index in [9.17, 15) is 4.79 Å². The molecule has 2 rings (SSSR count). The van der Waals surface area contributed by atoms with E-state index in [0.29, 0.717) is 13.0 Å². The molecule has 1 aromatic heterocycles. The Morgan fingerprint density at radius 2 is 2.42 bits per heavy atom. The first-order valence-electron chi connectivity index (χ1n) is 6.59. The van der Waals surface area contributed by atoms with Crippen LogP contribution in [-0.4, -0.2) is 31.8 Å². The van der Waals surface area contributed by atoms with Gasteiger partial charge in [-0.3, -0.25) is 10.1 Å². The Morgan fingerprint density at radius 1 is 1.58 bits per heavy atom. The third-order valence-corrected chi connectivity index (χ3v) is 4.67. The van der Waals surface area contributed by atoms with Crippen LogP contribution in [0.2, 0.25) is 0 Å². The van der Waals surface area contributed by atoms with Crippen LogP contribution in [0, 0.1) is 0 Å². The van der Waals surface area contributed by atoms with Crippen molar-refractivity contribution in [3.63, 3.8) is 0 Å². The molecule has 106 valence electrons. The predicted molar refractivity (Wildman–Crippen MR) is 75.2 cm³/mol. The second-order valence-corrected chi connectivity index (χ2v) is 5.99. The monoisotopic (exact) mass is 283 g/mol. The highest BCUT2D eigenvalue weighted by Crippen LogP contribution is 2.31. The van der Waals surface area contributed by atoms with E-state index in [1.54, 1.807) is 18.4 Å². The first kappa shape index (κ1) is 14.5. The summed E-state index contributed by atoms with van der Waals surface area (Å²) in [5, 5.41) is 5.45. The molecular formula is C14H21NO3S. The minimum Gasteiger partial charge on any atom is -0.468 e. The van der Waals surface area contributed by atoms with Gasteiger partial charge >= 0.3 is 5.97 Å². The molecule has 0 aliphatic heterocycles. The minimum atomic E-state index is -0.600. The Balaban J connectivity index is 2.08. The number of esters is 1. The largest absolute Gasteiger partial charge is 0.468 e. The van der Waals surface area contributed by atoms with Gasteiger partial charge in [0.25, 0.3) is 0 Å². The second kappa shape index (κ2) is 6.50. The third-order valence-electron chi connectivity index (χ3n) is 3.80. The normalized spacial score (nSPS) is 27.2. The van der Waals surface area contributed by atoms with Crippen molar-refractivity contribution < 1.29 is 14.3 Å². The molecule has 0 aromatic carbocycles. The molecule has 0 amide bonds. The van der Waals surface area contributed by atoms with E-state index in [0.717, 1.165) is 19.3 Å². The summed E-state index contributed by atoms with van der Waals surface area (Å²) < 4.78 is 10.4. The second-order valence-electron chi connectivity index (χ2n) is 4.96. The Labute approximate surface area is 118 Å². The van der Waals surface area contributed by atoms with Gasteiger partial charge in [-0.15, -0.1) is 11.3 Å². The quantitative estimate of drug-likeness (QED) is 0.843. The summed E-state index contributed by atoms with van der Waals surface area (Å²) in [6, 6.07) is 4.09. The highest BCUT2D eigenvalue weighted by atomic mass is 32.1. The first-order chi connectivity index (χ1) is 9.20. The maximum Gasteiger partial charge on any atom is 0.326 e. The van der Waals surface area contributed by atoms with Gasteiger partial charge in [0, 0.05) is 25.0 Å². The number of hydrogen-bond acceptors (Lipinski definition) is 5. The Hall–Kier alpha value is -0.910. The average molecular weight is 283 g/mol. The number of carbonyl (C=O) groups is 1. The zero-order valence-electron chi connectivity index (χ0n) is 11.5. The highest BCUT2D eigenvalue weighted by Gasteiger charge is 2.43. The fourth-order valence-corrected chi connectivity index (χ4v) is 3.35. The van der Waals surface area contributed by atoms with Crippen LogP contribution in [-0.2, 0) is 20.8 Å². The topological polar surface area (TPSA) is 47.6 Å². The van der Waals surface area contributed by atoms with Crippen LogP contribution in [0.3, 0.4) is 0 Å². The number of thiophene rings is 1. The highest BCUT2D eigenvalue weighted by molar-refractivity contribution is 7.09. The van der Waals surface area contributed by atoms with Crippen molar-refractivity contribution in [3.8, 4) is 0 Å². The van der Waals surface area contributed by atoms with Gasteiger partial charge in [0.2, 0.25) is 0 Å². The van der Waals surface area contributed by atoms with E-state index >= 15 is 0 Å². The number of methoxy groups -OCH3 is 2. The van der Waals surface area contributed by atoms with E-state index in [1.807, 2.05) is 11.4 Å². The molecule has 0 spiro atoms. The van der Waals surface area contributed by atoms with Crippen molar-refractivity contribution in [1.29, 1.82) is 0 Å². The Morgan fingerprint density at radius 3 is 3.05 bits per heavy atom. The zero-order valence-corrected chi connectivity index (χ0v) is 12.3. The standard InChI is InChI=1S/C14H21NO3S/c1-17-11-5-3-7-14(9-11,13(16)18-2)15-10-12-6-4-8-19-12/h4,6,8,11,15H,3,5,7,9-10H2,1-2H3. The molecule has 5 heteroatoms. The molecule has 1 heterocycles. The van der Waals surface area contributed by atoms with Gasteiger partial charge in [0.15, 0.2) is 0 Å². The summed E-state index contributed by atoms with van der Waals surface area (Å²) in [5.74, 6) is -0.175. The van der Waals surface area contributed by atoms with Crippen molar-refractivity contribution in [2.24, 2.45) is 0 Å². The molecule has 1 fully saturated rings. The van der Waals surface area contributed by atoms with E-state index < -0.39 is 5.54 Å². The summed E-state index contributed by atoms with van der Waals surface area (Å²) in [4.78, 5) is 13.4. The molecule has 4 nitrogen and oxygen atoms in total. The van der Waals surface area contributed by atoms with Crippen LogP contribution in [0.25, 0.3) is 0 Å². The maximum absolute atomic E-state index is 12.2. The fourth-order valence-electron chi connectivity index (χ4n) is 2.71. The summed E-state index contributed by atoms with van der Waals surface area (Å²) in [6.07, 6.45) is 3.61.